The van der Waals surface area contributed by atoms with Crippen molar-refractivity contribution in [1.29, 1.82) is 0 Å². The third-order valence-electron chi connectivity index (χ3n) is 5.20. The number of nitrogens with one attached hydrogen (secondary N) is 2. The summed E-state index contributed by atoms with van der Waals surface area (Å²) in [6.07, 6.45) is 5.72. The highest BCUT2D eigenvalue weighted by molar-refractivity contribution is 6.04. The number of ether oxygens (including phenoxy) is 2. The van der Waals surface area contributed by atoms with Crippen molar-refractivity contribution in [2.24, 2.45) is 0 Å². The fourth-order valence-electron chi connectivity index (χ4n) is 3.67. The Hall–Kier alpha value is -3.02. The highest BCUT2D eigenvalue weighted by Gasteiger charge is 2.19. The Morgan fingerprint density at radius 1 is 0.966 bits per heavy atom. The van der Waals surface area contributed by atoms with Gasteiger partial charge >= 0.3 is 0 Å². The third-order valence-corrected chi connectivity index (χ3v) is 5.20. The van der Waals surface area contributed by atoms with Crippen LogP contribution in [-0.4, -0.2) is 32.1 Å². The van der Waals surface area contributed by atoms with Gasteiger partial charge in [0.15, 0.2) is 11.5 Å². The molecule has 1 saturated carbocycles. The first-order valence-corrected chi connectivity index (χ1v) is 10.0. The molecule has 1 fully saturated rings. The SMILES string of the molecule is COc1ccc(CC(=O)Nc2ccccc2C(=O)NC2CCCCC2)cc1OC. The van der Waals surface area contributed by atoms with Crippen LogP contribution in [0, 0.1) is 0 Å². The van der Waals surface area contributed by atoms with Crippen molar-refractivity contribution in [3.05, 3.63) is 53.6 Å². The summed E-state index contributed by atoms with van der Waals surface area (Å²) in [4.78, 5) is 25.3. The topological polar surface area (TPSA) is 76.7 Å². The van der Waals surface area contributed by atoms with E-state index in [-0.39, 0.29) is 24.3 Å². The molecule has 0 heterocycles. The molecular formula is C23H28N2O4. The molecule has 1 aliphatic rings. The van der Waals surface area contributed by atoms with Gasteiger partial charge in [0.05, 0.1) is 31.9 Å². The van der Waals surface area contributed by atoms with Crippen LogP contribution in [-0.2, 0) is 11.2 Å². The molecule has 0 spiro atoms. The summed E-state index contributed by atoms with van der Waals surface area (Å²) in [5, 5.41) is 5.98. The zero-order chi connectivity index (χ0) is 20.6. The van der Waals surface area contributed by atoms with Gasteiger partial charge in [0.1, 0.15) is 0 Å². The van der Waals surface area contributed by atoms with Crippen LogP contribution in [0.5, 0.6) is 11.5 Å². The number of rotatable bonds is 7. The Balaban J connectivity index is 1.67. The summed E-state index contributed by atoms with van der Waals surface area (Å²) in [5.41, 5.74) is 1.80. The summed E-state index contributed by atoms with van der Waals surface area (Å²) >= 11 is 0. The first-order valence-electron chi connectivity index (χ1n) is 10.0. The smallest absolute Gasteiger partial charge is 0.253 e. The van der Waals surface area contributed by atoms with Crippen LogP contribution >= 0.6 is 0 Å². The molecule has 0 radical (unpaired) electrons. The van der Waals surface area contributed by atoms with E-state index in [1.54, 1.807) is 44.6 Å². The maximum atomic E-state index is 12.7. The van der Waals surface area contributed by atoms with Crippen molar-refractivity contribution in [2.45, 2.75) is 44.6 Å². The quantitative estimate of drug-likeness (QED) is 0.743. The minimum atomic E-state index is -0.199. The fraction of sp³-hybridized carbons (Fsp3) is 0.391. The van der Waals surface area contributed by atoms with Gasteiger partial charge in [-0.1, -0.05) is 37.5 Å². The molecule has 0 aromatic heterocycles. The van der Waals surface area contributed by atoms with Crippen molar-refractivity contribution in [2.75, 3.05) is 19.5 Å². The van der Waals surface area contributed by atoms with E-state index in [2.05, 4.69) is 10.6 Å². The van der Waals surface area contributed by atoms with Crippen molar-refractivity contribution >= 4 is 17.5 Å². The van der Waals surface area contributed by atoms with Crippen LogP contribution in [0.1, 0.15) is 48.0 Å². The van der Waals surface area contributed by atoms with E-state index in [9.17, 15) is 9.59 Å². The first kappa shape index (κ1) is 20.7. The van der Waals surface area contributed by atoms with E-state index in [0.717, 1.165) is 31.2 Å². The second kappa shape index (κ2) is 9.96. The molecule has 0 atom stereocenters. The Morgan fingerprint density at radius 3 is 2.41 bits per heavy atom. The van der Waals surface area contributed by atoms with Crippen molar-refractivity contribution in [1.82, 2.24) is 5.32 Å². The lowest BCUT2D eigenvalue weighted by Crippen LogP contribution is -2.36. The van der Waals surface area contributed by atoms with Crippen LogP contribution in [0.25, 0.3) is 0 Å². The molecule has 2 aromatic rings. The number of benzene rings is 2. The van der Waals surface area contributed by atoms with Gasteiger partial charge in [0, 0.05) is 6.04 Å². The van der Waals surface area contributed by atoms with E-state index in [1.165, 1.54) is 6.42 Å². The normalized spacial score (nSPS) is 14.1. The molecule has 29 heavy (non-hydrogen) atoms. The van der Waals surface area contributed by atoms with E-state index in [4.69, 9.17) is 9.47 Å². The zero-order valence-electron chi connectivity index (χ0n) is 17.0. The molecule has 0 bridgehead atoms. The Kier molecular flexibility index (Phi) is 7.11. The lowest BCUT2D eigenvalue weighted by molar-refractivity contribution is -0.115. The average molecular weight is 396 g/mol. The van der Waals surface area contributed by atoms with Crippen LogP contribution in [0.3, 0.4) is 0 Å². The van der Waals surface area contributed by atoms with Gasteiger partial charge in [-0.2, -0.15) is 0 Å². The monoisotopic (exact) mass is 396 g/mol. The van der Waals surface area contributed by atoms with Crippen LogP contribution in [0.15, 0.2) is 42.5 Å². The summed E-state index contributed by atoms with van der Waals surface area (Å²) in [5.74, 6) is 0.848. The molecule has 6 heteroatoms. The van der Waals surface area contributed by atoms with Crippen molar-refractivity contribution in [3.8, 4) is 11.5 Å². The highest BCUT2D eigenvalue weighted by Crippen LogP contribution is 2.28. The Bertz CT molecular complexity index is 860. The zero-order valence-corrected chi connectivity index (χ0v) is 17.0. The molecule has 154 valence electrons. The second-order valence-corrected chi connectivity index (χ2v) is 7.27. The maximum Gasteiger partial charge on any atom is 0.253 e. The Labute approximate surface area is 171 Å². The number of hydrogen-bond acceptors (Lipinski definition) is 4. The average Bonchev–Trinajstić information content (AvgIpc) is 2.74. The summed E-state index contributed by atoms with van der Waals surface area (Å²) in [6, 6.07) is 12.7. The molecule has 2 aromatic carbocycles. The van der Waals surface area contributed by atoms with Crippen molar-refractivity contribution in [3.63, 3.8) is 0 Å². The van der Waals surface area contributed by atoms with Gasteiger partial charge in [0.2, 0.25) is 5.91 Å². The van der Waals surface area contributed by atoms with Crippen LogP contribution in [0.2, 0.25) is 0 Å². The number of carbonyl (C=O) groups excluding carboxylic acids is 2. The van der Waals surface area contributed by atoms with E-state index >= 15 is 0 Å². The standard InChI is InChI=1S/C23H28N2O4/c1-28-20-13-12-16(14-21(20)29-2)15-22(26)25-19-11-7-6-10-18(19)23(27)24-17-8-4-3-5-9-17/h6-7,10-14,17H,3-5,8-9,15H2,1-2H3,(H,24,27)(H,25,26). The lowest BCUT2D eigenvalue weighted by atomic mass is 9.95. The summed E-state index contributed by atoms with van der Waals surface area (Å²) in [7, 11) is 3.13. The molecular weight excluding hydrogens is 368 g/mol. The fourth-order valence-corrected chi connectivity index (χ4v) is 3.67. The van der Waals surface area contributed by atoms with E-state index < -0.39 is 0 Å². The molecule has 0 unspecified atom stereocenters. The predicted octanol–water partition coefficient (Wildman–Crippen LogP) is 3.95. The lowest BCUT2D eigenvalue weighted by Gasteiger charge is -2.23. The van der Waals surface area contributed by atoms with Gasteiger partial charge in [-0.25, -0.2) is 0 Å². The number of amides is 2. The van der Waals surface area contributed by atoms with Crippen LogP contribution in [0.4, 0.5) is 5.69 Å². The third kappa shape index (κ3) is 5.50. The number of para-hydroxylation sites is 1. The van der Waals surface area contributed by atoms with Gasteiger partial charge in [-0.15, -0.1) is 0 Å². The maximum absolute atomic E-state index is 12.7. The van der Waals surface area contributed by atoms with Gasteiger partial charge in [0.25, 0.3) is 5.91 Å². The number of hydrogen-bond donors (Lipinski definition) is 2. The van der Waals surface area contributed by atoms with Gasteiger partial charge in [-0.05, 0) is 42.7 Å². The first-order chi connectivity index (χ1) is 14.1. The molecule has 0 aliphatic heterocycles. The predicted molar refractivity (Wildman–Crippen MR) is 113 cm³/mol. The second-order valence-electron chi connectivity index (χ2n) is 7.27. The molecule has 3 rings (SSSR count). The van der Waals surface area contributed by atoms with Gasteiger partial charge in [-0.3, -0.25) is 9.59 Å². The number of carbonyl (C=O) groups is 2. The highest BCUT2D eigenvalue weighted by atomic mass is 16.5. The summed E-state index contributed by atoms with van der Waals surface area (Å²) in [6.45, 7) is 0. The molecule has 0 saturated heterocycles. The number of methoxy groups -OCH3 is 2. The molecule has 6 nitrogen and oxygen atoms in total. The minimum absolute atomic E-state index is 0.140. The molecule has 2 amide bonds. The van der Waals surface area contributed by atoms with E-state index in [1.807, 2.05) is 12.1 Å². The minimum Gasteiger partial charge on any atom is -0.493 e. The van der Waals surface area contributed by atoms with E-state index in [0.29, 0.717) is 22.7 Å². The largest absolute Gasteiger partial charge is 0.493 e. The summed E-state index contributed by atoms with van der Waals surface area (Å²) < 4.78 is 10.5. The molecule has 2 N–H and O–H groups in total. The van der Waals surface area contributed by atoms with Crippen molar-refractivity contribution < 1.29 is 19.1 Å². The Morgan fingerprint density at radius 2 is 1.69 bits per heavy atom. The number of anilines is 1. The molecule has 1 aliphatic carbocycles. The van der Waals surface area contributed by atoms with Gasteiger partial charge < -0.3 is 20.1 Å². The van der Waals surface area contributed by atoms with Crippen LogP contribution < -0.4 is 20.1 Å².